The Balaban J connectivity index is 2.28. The molecule has 82 valence electrons. The van der Waals surface area contributed by atoms with E-state index in [-0.39, 0.29) is 30.4 Å². The molecule has 1 heterocycles. The van der Waals surface area contributed by atoms with Crippen LogP contribution in [0.1, 0.15) is 18.5 Å². The van der Waals surface area contributed by atoms with Gasteiger partial charge in [0.2, 0.25) is 0 Å². The largest absolute Gasteiger partial charge is 0.396 e. The molecule has 0 amide bonds. The third-order valence-corrected chi connectivity index (χ3v) is 2.99. The molecule has 3 nitrogen and oxygen atoms in total. The highest BCUT2D eigenvalue weighted by molar-refractivity contribution is 5.23. The summed E-state index contributed by atoms with van der Waals surface area (Å²) in [6.07, 6.45) is 0. The van der Waals surface area contributed by atoms with E-state index in [1.54, 1.807) is 18.2 Å². The summed E-state index contributed by atoms with van der Waals surface area (Å²) in [6, 6.07) is 6.63. The van der Waals surface area contributed by atoms with Crippen molar-refractivity contribution in [2.45, 2.75) is 19.0 Å². The first kappa shape index (κ1) is 10.5. The van der Waals surface area contributed by atoms with Crippen LogP contribution >= 0.6 is 0 Å². The van der Waals surface area contributed by atoms with Gasteiger partial charge in [-0.25, -0.2) is 9.82 Å². The zero-order chi connectivity index (χ0) is 10.8. The molecule has 1 aromatic rings. The minimum atomic E-state index is -0.232. The number of hydrogen-bond donors (Lipinski definition) is 3. The average Bonchev–Trinajstić information content (AvgIpc) is 2.60. The van der Waals surface area contributed by atoms with E-state index in [0.717, 1.165) is 0 Å². The van der Waals surface area contributed by atoms with Crippen molar-refractivity contribution in [1.29, 1.82) is 0 Å². The Morgan fingerprint density at radius 1 is 1.33 bits per heavy atom. The van der Waals surface area contributed by atoms with E-state index in [4.69, 9.17) is 0 Å². The van der Waals surface area contributed by atoms with Gasteiger partial charge in [0.1, 0.15) is 5.82 Å². The summed E-state index contributed by atoms with van der Waals surface area (Å²) in [5.41, 5.74) is 6.64. The van der Waals surface area contributed by atoms with E-state index in [0.29, 0.717) is 5.56 Å². The third kappa shape index (κ3) is 1.88. The molecule has 0 spiro atoms. The van der Waals surface area contributed by atoms with E-state index >= 15 is 0 Å². The Morgan fingerprint density at radius 2 is 2.07 bits per heavy atom. The molecule has 1 fully saturated rings. The predicted molar refractivity (Wildman–Crippen MR) is 55.5 cm³/mol. The van der Waals surface area contributed by atoms with Crippen molar-refractivity contribution in [3.8, 4) is 0 Å². The van der Waals surface area contributed by atoms with Gasteiger partial charge in [0, 0.05) is 24.1 Å². The molecule has 1 aliphatic rings. The lowest BCUT2D eigenvalue weighted by molar-refractivity contribution is 0.203. The van der Waals surface area contributed by atoms with Crippen LogP contribution in [-0.4, -0.2) is 17.8 Å². The molecule has 2 rings (SSSR count). The van der Waals surface area contributed by atoms with Crippen LogP contribution in [0, 0.1) is 11.7 Å². The maximum absolute atomic E-state index is 13.5. The summed E-state index contributed by atoms with van der Waals surface area (Å²) in [5, 5.41) is 9.26. The Morgan fingerprint density at radius 3 is 2.73 bits per heavy atom. The lowest BCUT2D eigenvalue weighted by Crippen LogP contribution is -2.29. The van der Waals surface area contributed by atoms with E-state index in [9.17, 15) is 9.50 Å². The van der Waals surface area contributed by atoms with Gasteiger partial charge in [-0.3, -0.25) is 5.43 Å². The first-order valence-corrected chi connectivity index (χ1v) is 5.10. The van der Waals surface area contributed by atoms with Crippen LogP contribution in [0.4, 0.5) is 4.39 Å². The van der Waals surface area contributed by atoms with Crippen molar-refractivity contribution in [3.05, 3.63) is 35.6 Å². The van der Waals surface area contributed by atoms with Crippen LogP contribution < -0.4 is 10.9 Å². The van der Waals surface area contributed by atoms with Crippen molar-refractivity contribution in [3.63, 3.8) is 0 Å². The second-order valence-electron chi connectivity index (χ2n) is 3.92. The van der Waals surface area contributed by atoms with E-state index in [1.165, 1.54) is 6.07 Å². The monoisotopic (exact) mass is 210 g/mol. The number of benzene rings is 1. The Kier molecular flexibility index (Phi) is 3.00. The van der Waals surface area contributed by atoms with Gasteiger partial charge >= 0.3 is 0 Å². The van der Waals surface area contributed by atoms with Gasteiger partial charge < -0.3 is 5.11 Å². The Bertz CT molecular complexity index is 345. The summed E-state index contributed by atoms with van der Waals surface area (Å²) in [7, 11) is 0. The minimum Gasteiger partial charge on any atom is -0.396 e. The highest BCUT2D eigenvalue weighted by atomic mass is 19.1. The van der Waals surface area contributed by atoms with E-state index in [1.807, 2.05) is 6.92 Å². The topological polar surface area (TPSA) is 44.3 Å². The lowest BCUT2D eigenvalue weighted by Gasteiger charge is -2.19. The molecule has 3 atom stereocenters. The molecule has 1 aliphatic heterocycles. The van der Waals surface area contributed by atoms with Crippen LogP contribution in [0.2, 0.25) is 0 Å². The fourth-order valence-corrected chi connectivity index (χ4v) is 2.02. The minimum absolute atomic E-state index is 0.00176. The quantitative estimate of drug-likeness (QED) is 0.681. The third-order valence-electron chi connectivity index (χ3n) is 2.99. The Labute approximate surface area is 88.3 Å². The van der Waals surface area contributed by atoms with Gasteiger partial charge in [-0.15, -0.1) is 0 Å². The SMILES string of the molecule is CC1NNC(c2ccccc2F)C1CO. The molecule has 1 aromatic carbocycles. The first-order chi connectivity index (χ1) is 7.24. The number of halogens is 1. The predicted octanol–water partition coefficient (Wildman–Crippen LogP) is 0.972. The van der Waals surface area contributed by atoms with Crippen molar-refractivity contribution < 1.29 is 9.50 Å². The fraction of sp³-hybridized carbons (Fsp3) is 0.455. The van der Waals surface area contributed by atoms with Crippen molar-refractivity contribution in [2.24, 2.45) is 5.92 Å². The van der Waals surface area contributed by atoms with Gasteiger partial charge in [-0.2, -0.15) is 0 Å². The molecule has 15 heavy (non-hydrogen) atoms. The molecule has 0 radical (unpaired) electrons. The van der Waals surface area contributed by atoms with Gasteiger partial charge in [0.25, 0.3) is 0 Å². The number of hydrazine groups is 1. The van der Waals surface area contributed by atoms with E-state index in [2.05, 4.69) is 10.9 Å². The van der Waals surface area contributed by atoms with Gasteiger partial charge in [0.15, 0.2) is 0 Å². The molecular formula is C11H15FN2O. The molecule has 3 N–H and O–H groups in total. The molecule has 3 unspecified atom stereocenters. The standard InChI is InChI=1S/C11H15FN2O/c1-7-9(6-15)11(14-13-7)8-4-2-3-5-10(8)12/h2-5,7,9,11,13-15H,6H2,1H3. The number of rotatable bonds is 2. The number of aliphatic hydroxyl groups excluding tert-OH is 1. The zero-order valence-corrected chi connectivity index (χ0v) is 8.57. The molecule has 0 aromatic heterocycles. The van der Waals surface area contributed by atoms with Crippen molar-refractivity contribution in [1.82, 2.24) is 10.9 Å². The normalized spacial score (nSPS) is 30.7. The summed E-state index contributed by atoms with van der Waals surface area (Å²) in [4.78, 5) is 0. The lowest BCUT2D eigenvalue weighted by atomic mass is 9.91. The summed E-state index contributed by atoms with van der Waals surface area (Å²) in [6.45, 7) is 2.01. The average molecular weight is 210 g/mol. The highest BCUT2D eigenvalue weighted by Gasteiger charge is 2.34. The van der Waals surface area contributed by atoms with Gasteiger partial charge in [-0.05, 0) is 13.0 Å². The van der Waals surface area contributed by atoms with Crippen molar-refractivity contribution >= 4 is 0 Å². The number of nitrogens with one attached hydrogen (secondary N) is 2. The molecule has 4 heteroatoms. The fourth-order valence-electron chi connectivity index (χ4n) is 2.02. The highest BCUT2D eigenvalue weighted by Crippen LogP contribution is 2.29. The molecular weight excluding hydrogens is 195 g/mol. The maximum Gasteiger partial charge on any atom is 0.128 e. The summed E-state index contributed by atoms with van der Waals surface area (Å²) in [5.74, 6) is -0.230. The molecule has 0 aliphatic carbocycles. The second kappa shape index (κ2) is 4.26. The van der Waals surface area contributed by atoms with Gasteiger partial charge in [-0.1, -0.05) is 18.2 Å². The maximum atomic E-state index is 13.5. The second-order valence-corrected chi connectivity index (χ2v) is 3.92. The van der Waals surface area contributed by atoms with Crippen LogP contribution in [0.15, 0.2) is 24.3 Å². The van der Waals surface area contributed by atoms with Crippen LogP contribution in [-0.2, 0) is 0 Å². The molecule has 1 saturated heterocycles. The number of hydrogen-bond acceptors (Lipinski definition) is 3. The molecule has 0 bridgehead atoms. The summed E-state index contributed by atoms with van der Waals surface area (Å²) < 4.78 is 13.5. The van der Waals surface area contributed by atoms with Crippen LogP contribution in [0.3, 0.4) is 0 Å². The van der Waals surface area contributed by atoms with Crippen LogP contribution in [0.5, 0.6) is 0 Å². The first-order valence-electron chi connectivity index (χ1n) is 5.10. The van der Waals surface area contributed by atoms with E-state index < -0.39 is 0 Å². The van der Waals surface area contributed by atoms with Gasteiger partial charge in [0.05, 0.1) is 6.04 Å². The Hall–Kier alpha value is -0.970. The molecule has 0 saturated carbocycles. The summed E-state index contributed by atoms with van der Waals surface area (Å²) >= 11 is 0. The van der Waals surface area contributed by atoms with Crippen molar-refractivity contribution in [2.75, 3.05) is 6.61 Å². The zero-order valence-electron chi connectivity index (χ0n) is 8.57. The smallest absolute Gasteiger partial charge is 0.128 e. The number of aliphatic hydroxyl groups is 1. The van der Waals surface area contributed by atoms with Crippen LogP contribution in [0.25, 0.3) is 0 Å².